The van der Waals surface area contributed by atoms with Crippen LogP contribution in [-0.4, -0.2) is 34.4 Å². The molecule has 0 aromatic heterocycles. The average molecular weight is 278 g/mol. The van der Waals surface area contributed by atoms with Gasteiger partial charge in [-0.3, -0.25) is 9.59 Å². The molecule has 0 aliphatic carbocycles. The van der Waals surface area contributed by atoms with Crippen LogP contribution in [0.25, 0.3) is 0 Å². The van der Waals surface area contributed by atoms with Crippen LogP contribution in [0.4, 0.5) is 5.69 Å². The molecule has 4 nitrogen and oxygen atoms in total. The van der Waals surface area contributed by atoms with E-state index in [4.69, 9.17) is 0 Å². The van der Waals surface area contributed by atoms with Crippen LogP contribution in [-0.2, 0) is 9.59 Å². The Balaban J connectivity index is 2.08. The molecular weight excluding hydrogens is 260 g/mol. The Bertz CT molecular complexity index is 516. The van der Waals surface area contributed by atoms with Crippen molar-refractivity contribution < 1.29 is 9.59 Å². The first kappa shape index (κ1) is 13.9. The van der Waals surface area contributed by atoms with E-state index in [1.54, 1.807) is 16.7 Å². The van der Waals surface area contributed by atoms with Gasteiger partial charge in [-0.25, -0.2) is 0 Å². The molecule has 0 spiro atoms. The predicted molar refractivity (Wildman–Crippen MR) is 78.2 cm³/mol. The third-order valence-electron chi connectivity index (χ3n) is 3.36. The fourth-order valence-electron chi connectivity index (χ4n) is 2.01. The first-order valence-corrected chi connectivity index (χ1v) is 7.37. The van der Waals surface area contributed by atoms with Crippen LogP contribution >= 0.6 is 11.8 Å². The number of hydrogen-bond donors (Lipinski definition) is 1. The smallest absolute Gasteiger partial charge is 0.248 e. The van der Waals surface area contributed by atoms with Gasteiger partial charge in [0.15, 0.2) is 0 Å². The van der Waals surface area contributed by atoms with Crippen LogP contribution in [0.3, 0.4) is 0 Å². The molecule has 1 aliphatic rings. The fourth-order valence-corrected chi connectivity index (χ4v) is 3.23. The lowest BCUT2D eigenvalue weighted by molar-refractivity contribution is -0.134. The number of carbonyl (C=O) groups excluding carboxylic acids is 2. The van der Waals surface area contributed by atoms with Crippen molar-refractivity contribution in [3.8, 4) is 0 Å². The second kappa shape index (κ2) is 5.65. The highest BCUT2D eigenvalue weighted by Gasteiger charge is 2.32. The molecule has 2 amide bonds. The van der Waals surface area contributed by atoms with Crippen LogP contribution < -0.4 is 5.32 Å². The molecule has 1 atom stereocenters. The van der Waals surface area contributed by atoms with Gasteiger partial charge in [0, 0.05) is 18.4 Å². The molecule has 1 aliphatic heterocycles. The van der Waals surface area contributed by atoms with Gasteiger partial charge in [-0.2, -0.15) is 0 Å². The van der Waals surface area contributed by atoms with E-state index in [1.807, 2.05) is 32.0 Å². The molecule has 1 fully saturated rings. The summed E-state index contributed by atoms with van der Waals surface area (Å²) in [6.07, 6.45) is 0. The van der Waals surface area contributed by atoms with Crippen LogP contribution in [0.5, 0.6) is 0 Å². The van der Waals surface area contributed by atoms with Crippen LogP contribution in [0.15, 0.2) is 18.2 Å². The van der Waals surface area contributed by atoms with Crippen molar-refractivity contribution in [1.29, 1.82) is 0 Å². The van der Waals surface area contributed by atoms with Gasteiger partial charge < -0.3 is 10.2 Å². The number of nitrogens with zero attached hydrogens (tertiary/aromatic N) is 1. The number of anilines is 1. The monoisotopic (exact) mass is 278 g/mol. The normalized spacial score (nSPS) is 18.5. The summed E-state index contributed by atoms with van der Waals surface area (Å²) in [5.74, 6) is 1.10. The minimum atomic E-state index is -0.357. The minimum absolute atomic E-state index is 0.0507. The van der Waals surface area contributed by atoms with Crippen LogP contribution in [0.1, 0.15) is 18.1 Å². The third kappa shape index (κ3) is 3.10. The molecule has 1 aromatic rings. The number of rotatable bonds is 2. The topological polar surface area (TPSA) is 49.4 Å². The molecule has 19 heavy (non-hydrogen) atoms. The zero-order chi connectivity index (χ0) is 14.0. The Labute approximate surface area is 117 Å². The Morgan fingerprint density at radius 3 is 2.68 bits per heavy atom. The number of amides is 2. The standard InChI is InChI=1S/C14H18N2O2S/c1-9-4-5-12(6-10(9)2)15-14(18)13-7-19-8-16(13)11(3)17/h4-6,13H,7-8H2,1-3H3,(H,15,18). The second-order valence-electron chi connectivity index (χ2n) is 4.79. The van der Waals surface area contributed by atoms with E-state index in [-0.39, 0.29) is 17.9 Å². The van der Waals surface area contributed by atoms with E-state index < -0.39 is 0 Å². The van der Waals surface area contributed by atoms with Gasteiger partial charge in [-0.15, -0.1) is 11.8 Å². The highest BCUT2D eigenvalue weighted by Crippen LogP contribution is 2.22. The molecule has 1 saturated heterocycles. The minimum Gasteiger partial charge on any atom is -0.324 e. The number of benzene rings is 1. The molecule has 0 radical (unpaired) electrons. The molecule has 1 heterocycles. The number of nitrogens with one attached hydrogen (secondary N) is 1. The Morgan fingerprint density at radius 2 is 2.05 bits per heavy atom. The maximum atomic E-state index is 12.2. The first-order chi connectivity index (χ1) is 8.99. The molecule has 2 rings (SSSR count). The number of carbonyl (C=O) groups is 2. The highest BCUT2D eigenvalue weighted by atomic mass is 32.2. The lowest BCUT2D eigenvalue weighted by Gasteiger charge is -2.21. The zero-order valence-corrected chi connectivity index (χ0v) is 12.2. The quantitative estimate of drug-likeness (QED) is 0.902. The zero-order valence-electron chi connectivity index (χ0n) is 11.4. The first-order valence-electron chi connectivity index (χ1n) is 6.22. The predicted octanol–water partition coefficient (Wildman–Crippen LogP) is 2.16. The number of aryl methyl sites for hydroxylation is 2. The molecular formula is C14H18N2O2S. The van der Waals surface area contributed by atoms with Gasteiger partial charge in [-0.1, -0.05) is 6.07 Å². The van der Waals surface area contributed by atoms with Crippen molar-refractivity contribution in [2.24, 2.45) is 0 Å². The molecule has 1 N–H and O–H groups in total. The van der Waals surface area contributed by atoms with E-state index in [0.29, 0.717) is 11.6 Å². The number of hydrogen-bond acceptors (Lipinski definition) is 3. The SMILES string of the molecule is CC(=O)N1CSCC1C(=O)Nc1ccc(C)c(C)c1. The lowest BCUT2D eigenvalue weighted by atomic mass is 10.1. The van der Waals surface area contributed by atoms with E-state index >= 15 is 0 Å². The highest BCUT2D eigenvalue weighted by molar-refractivity contribution is 7.99. The van der Waals surface area contributed by atoms with Gasteiger partial charge in [-0.05, 0) is 37.1 Å². The molecule has 1 aromatic carbocycles. The third-order valence-corrected chi connectivity index (χ3v) is 4.38. The van der Waals surface area contributed by atoms with E-state index in [0.717, 1.165) is 11.3 Å². The van der Waals surface area contributed by atoms with Gasteiger partial charge in [0.05, 0.1) is 5.88 Å². The Hall–Kier alpha value is -1.49. The van der Waals surface area contributed by atoms with Gasteiger partial charge >= 0.3 is 0 Å². The number of thioether (sulfide) groups is 1. The summed E-state index contributed by atoms with van der Waals surface area (Å²) in [6, 6.07) is 5.47. The van der Waals surface area contributed by atoms with E-state index in [2.05, 4.69) is 5.32 Å². The summed E-state index contributed by atoms with van der Waals surface area (Å²) < 4.78 is 0. The largest absolute Gasteiger partial charge is 0.324 e. The molecule has 1 unspecified atom stereocenters. The Kier molecular flexibility index (Phi) is 4.14. The maximum Gasteiger partial charge on any atom is 0.248 e. The van der Waals surface area contributed by atoms with Gasteiger partial charge in [0.2, 0.25) is 11.8 Å². The van der Waals surface area contributed by atoms with Gasteiger partial charge in [0.25, 0.3) is 0 Å². The van der Waals surface area contributed by atoms with Crippen molar-refractivity contribution in [1.82, 2.24) is 4.90 Å². The summed E-state index contributed by atoms with van der Waals surface area (Å²) in [6.45, 7) is 5.55. The van der Waals surface area contributed by atoms with Crippen molar-refractivity contribution in [2.45, 2.75) is 26.8 Å². The summed E-state index contributed by atoms with van der Waals surface area (Å²) in [5.41, 5.74) is 3.12. The summed E-state index contributed by atoms with van der Waals surface area (Å²) in [5, 5.41) is 2.89. The molecule has 5 heteroatoms. The molecule has 0 saturated carbocycles. The second-order valence-corrected chi connectivity index (χ2v) is 5.79. The van der Waals surface area contributed by atoms with Crippen LogP contribution in [0.2, 0.25) is 0 Å². The average Bonchev–Trinajstić information content (AvgIpc) is 2.83. The van der Waals surface area contributed by atoms with Crippen molar-refractivity contribution >= 4 is 29.3 Å². The summed E-state index contributed by atoms with van der Waals surface area (Å²) in [4.78, 5) is 25.3. The van der Waals surface area contributed by atoms with Crippen LogP contribution in [0, 0.1) is 13.8 Å². The molecule has 102 valence electrons. The van der Waals surface area contributed by atoms with E-state index in [1.165, 1.54) is 12.5 Å². The lowest BCUT2D eigenvalue weighted by Crippen LogP contribution is -2.43. The van der Waals surface area contributed by atoms with Crippen molar-refractivity contribution in [2.75, 3.05) is 16.9 Å². The van der Waals surface area contributed by atoms with Crippen molar-refractivity contribution in [3.63, 3.8) is 0 Å². The molecule has 0 bridgehead atoms. The summed E-state index contributed by atoms with van der Waals surface area (Å²) >= 11 is 1.61. The maximum absolute atomic E-state index is 12.2. The fraction of sp³-hybridized carbons (Fsp3) is 0.429. The van der Waals surface area contributed by atoms with Gasteiger partial charge in [0.1, 0.15) is 6.04 Å². The summed E-state index contributed by atoms with van der Waals surface area (Å²) in [7, 11) is 0. The Morgan fingerprint density at radius 1 is 1.32 bits per heavy atom. The van der Waals surface area contributed by atoms with E-state index in [9.17, 15) is 9.59 Å². The van der Waals surface area contributed by atoms with Crippen molar-refractivity contribution in [3.05, 3.63) is 29.3 Å².